The van der Waals surface area contributed by atoms with Crippen LogP contribution in [0.5, 0.6) is 0 Å². The predicted molar refractivity (Wildman–Crippen MR) is 138 cm³/mol. The summed E-state index contributed by atoms with van der Waals surface area (Å²) in [5, 5.41) is 136. The molecule has 256 valence electrons. The maximum absolute atomic E-state index is 10.9. The second kappa shape index (κ2) is 14.4. The van der Waals surface area contributed by atoms with Crippen LogP contribution >= 0.6 is 0 Å². The van der Waals surface area contributed by atoms with Crippen LogP contribution in [0.15, 0.2) is 11.6 Å². The van der Waals surface area contributed by atoms with E-state index in [-0.39, 0.29) is 5.57 Å². The van der Waals surface area contributed by atoms with Gasteiger partial charge in [-0.2, -0.15) is 0 Å². The molecule has 0 saturated carbocycles. The molecule has 14 N–H and O–H groups in total. The highest BCUT2D eigenvalue weighted by molar-refractivity contribution is 5.22. The second-order valence-corrected chi connectivity index (χ2v) is 11.5. The monoisotopic (exact) mass is 645 g/mol. The van der Waals surface area contributed by atoms with Crippen LogP contribution in [0.4, 0.5) is 0 Å². The molecule has 3 saturated heterocycles. The standard InChI is InChI=1S/C25H43NO18/c1-7-12(26-9-2-8(3-27)13(31)16(34)14(9)32)15(33)18(36)23(41-7)44-21-11(4-28)42-24(19(37)17(21)35)43-20-10(30)5-40-25(39,6-29)22(20)38/h2,7,9-24,26-39H,3-6H2,1H3/t7?,9-,10+,11+,12+,13+,14-,15+,16-,17+,18-,19+,20-,21+,22+,23+,24+,25?/m0/s1. The molecule has 19 nitrogen and oxygen atoms in total. The summed E-state index contributed by atoms with van der Waals surface area (Å²) in [6, 6.07) is -2.17. The van der Waals surface area contributed by atoms with Crippen molar-refractivity contribution in [2.75, 3.05) is 26.4 Å². The number of rotatable bonds is 9. The minimum Gasteiger partial charge on any atom is -0.394 e. The molecule has 0 radical (unpaired) electrons. The van der Waals surface area contributed by atoms with E-state index in [1.807, 2.05) is 0 Å². The molecule has 3 heterocycles. The van der Waals surface area contributed by atoms with E-state index in [1.54, 1.807) is 0 Å². The molecule has 0 bridgehead atoms. The highest BCUT2D eigenvalue weighted by Gasteiger charge is 2.55. The molecular weight excluding hydrogens is 602 g/mol. The van der Waals surface area contributed by atoms with Crippen LogP contribution in [0.2, 0.25) is 0 Å². The molecular formula is C25H43NO18. The van der Waals surface area contributed by atoms with Gasteiger partial charge in [0.1, 0.15) is 73.2 Å². The van der Waals surface area contributed by atoms with Gasteiger partial charge in [-0.3, -0.25) is 0 Å². The Morgan fingerprint density at radius 3 is 2.05 bits per heavy atom. The normalized spacial score (nSPS) is 52.0. The van der Waals surface area contributed by atoms with Crippen molar-refractivity contribution in [1.29, 1.82) is 0 Å². The molecule has 3 fully saturated rings. The summed E-state index contributed by atoms with van der Waals surface area (Å²) in [4.78, 5) is 0. The van der Waals surface area contributed by atoms with Crippen LogP contribution in [0.3, 0.4) is 0 Å². The molecule has 0 aromatic heterocycles. The molecule has 2 unspecified atom stereocenters. The fourth-order valence-electron chi connectivity index (χ4n) is 5.76. The summed E-state index contributed by atoms with van der Waals surface area (Å²) >= 11 is 0. The van der Waals surface area contributed by atoms with E-state index in [0.29, 0.717) is 0 Å². The van der Waals surface area contributed by atoms with E-state index in [0.717, 1.165) is 0 Å². The number of hydrogen-bond acceptors (Lipinski definition) is 19. The Morgan fingerprint density at radius 2 is 1.43 bits per heavy atom. The molecule has 4 rings (SSSR count). The second-order valence-electron chi connectivity index (χ2n) is 11.5. The average Bonchev–Trinajstić information content (AvgIpc) is 3.01. The van der Waals surface area contributed by atoms with Gasteiger partial charge in [-0.1, -0.05) is 6.08 Å². The lowest BCUT2D eigenvalue weighted by Gasteiger charge is -2.49. The Kier molecular flexibility index (Phi) is 11.7. The number of ether oxygens (including phenoxy) is 5. The van der Waals surface area contributed by atoms with Gasteiger partial charge in [-0.15, -0.1) is 0 Å². The van der Waals surface area contributed by atoms with Gasteiger partial charge in [0.05, 0.1) is 44.6 Å². The van der Waals surface area contributed by atoms with Crippen LogP contribution in [-0.2, 0) is 23.7 Å². The minimum atomic E-state index is -2.50. The highest BCUT2D eigenvalue weighted by atomic mass is 16.7. The van der Waals surface area contributed by atoms with Crippen LogP contribution in [0, 0.1) is 0 Å². The first-order chi connectivity index (χ1) is 20.7. The van der Waals surface area contributed by atoms with Gasteiger partial charge in [-0.25, -0.2) is 0 Å². The fraction of sp³-hybridized carbons (Fsp3) is 0.920. The number of hydrogen-bond donors (Lipinski definition) is 14. The van der Waals surface area contributed by atoms with Crippen molar-refractivity contribution in [3.63, 3.8) is 0 Å². The zero-order valence-electron chi connectivity index (χ0n) is 23.6. The van der Waals surface area contributed by atoms with Crippen LogP contribution in [0.1, 0.15) is 6.92 Å². The van der Waals surface area contributed by atoms with E-state index in [2.05, 4.69) is 5.32 Å². The van der Waals surface area contributed by atoms with Crippen molar-refractivity contribution in [3.8, 4) is 0 Å². The zero-order valence-corrected chi connectivity index (χ0v) is 23.6. The van der Waals surface area contributed by atoms with Crippen molar-refractivity contribution < 1.29 is 90.1 Å². The Labute approximate surface area is 250 Å². The Hall–Kier alpha value is -1.02. The van der Waals surface area contributed by atoms with Crippen molar-refractivity contribution >= 4 is 0 Å². The van der Waals surface area contributed by atoms with Gasteiger partial charge in [0, 0.05) is 0 Å². The number of nitrogens with one attached hydrogen (secondary N) is 1. The van der Waals surface area contributed by atoms with Crippen molar-refractivity contribution in [1.82, 2.24) is 5.32 Å². The third kappa shape index (κ3) is 6.82. The van der Waals surface area contributed by atoms with Gasteiger partial charge in [0.25, 0.3) is 0 Å². The summed E-state index contributed by atoms with van der Waals surface area (Å²) in [5.74, 6) is -2.50. The third-order valence-electron chi connectivity index (χ3n) is 8.52. The molecule has 44 heavy (non-hydrogen) atoms. The zero-order chi connectivity index (χ0) is 32.7. The lowest BCUT2D eigenvalue weighted by Crippen LogP contribution is -2.69. The first kappa shape index (κ1) is 35.8. The Bertz CT molecular complexity index is 975. The molecule has 0 aromatic rings. The lowest BCUT2D eigenvalue weighted by atomic mass is 9.86. The van der Waals surface area contributed by atoms with Gasteiger partial charge in [0.2, 0.25) is 5.79 Å². The summed E-state index contributed by atoms with van der Waals surface area (Å²) in [6.07, 6.45) is -23.5. The predicted octanol–water partition coefficient (Wildman–Crippen LogP) is -8.56. The summed E-state index contributed by atoms with van der Waals surface area (Å²) in [7, 11) is 0. The molecule has 1 aliphatic carbocycles. The molecule has 0 spiro atoms. The van der Waals surface area contributed by atoms with E-state index in [9.17, 15) is 66.4 Å². The largest absolute Gasteiger partial charge is 0.394 e. The molecule has 18 atom stereocenters. The van der Waals surface area contributed by atoms with E-state index >= 15 is 0 Å². The Morgan fingerprint density at radius 1 is 0.818 bits per heavy atom. The topological polar surface area (TPSA) is 321 Å². The van der Waals surface area contributed by atoms with Gasteiger partial charge >= 0.3 is 0 Å². The minimum absolute atomic E-state index is 0.0213. The quantitative estimate of drug-likeness (QED) is 0.103. The lowest BCUT2D eigenvalue weighted by molar-refractivity contribution is -0.384. The van der Waals surface area contributed by atoms with Gasteiger partial charge in [0.15, 0.2) is 12.6 Å². The molecule has 4 aliphatic rings. The van der Waals surface area contributed by atoms with Gasteiger partial charge in [-0.05, 0) is 12.5 Å². The van der Waals surface area contributed by atoms with Crippen LogP contribution in [0.25, 0.3) is 0 Å². The SMILES string of the molecule is CC1O[C@H](O[C@H]2[C@H](O)[C@@H](O)[C@@H](O[C@H]3[C@H](O)COC(O)(CO)[C@@H]3O)O[C@@H]2CO)[C@@H](O)[C@H](O)[C@@H]1N[C@H]1C=C(CO)[C@@H](O)[C@H](O)[C@H]1O. The van der Waals surface area contributed by atoms with E-state index in [4.69, 9.17) is 23.7 Å². The van der Waals surface area contributed by atoms with Crippen LogP contribution in [-0.4, -0.2) is 203 Å². The van der Waals surface area contributed by atoms with Crippen molar-refractivity contribution in [3.05, 3.63) is 11.6 Å². The molecule has 0 aromatic carbocycles. The molecule has 19 heteroatoms. The number of aliphatic hydroxyl groups excluding tert-OH is 12. The Balaban J connectivity index is 1.42. The maximum atomic E-state index is 10.9. The van der Waals surface area contributed by atoms with Crippen molar-refractivity contribution in [2.24, 2.45) is 0 Å². The van der Waals surface area contributed by atoms with Crippen molar-refractivity contribution in [2.45, 2.75) is 117 Å². The fourth-order valence-corrected chi connectivity index (χ4v) is 5.76. The number of aliphatic hydroxyl groups is 13. The average molecular weight is 646 g/mol. The van der Waals surface area contributed by atoms with Gasteiger partial charge < -0.3 is 95.4 Å². The summed E-state index contributed by atoms with van der Waals surface area (Å²) in [6.45, 7) is -1.63. The van der Waals surface area contributed by atoms with Crippen LogP contribution < -0.4 is 5.32 Å². The maximum Gasteiger partial charge on any atom is 0.218 e. The van der Waals surface area contributed by atoms with E-state index in [1.165, 1.54) is 13.0 Å². The first-order valence-electron chi connectivity index (χ1n) is 14.1. The smallest absolute Gasteiger partial charge is 0.218 e. The first-order valence-corrected chi connectivity index (χ1v) is 14.1. The highest BCUT2D eigenvalue weighted by Crippen LogP contribution is 2.33. The third-order valence-corrected chi connectivity index (χ3v) is 8.52. The molecule has 3 aliphatic heterocycles. The molecule has 0 amide bonds. The summed E-state index contributed by atoms with van der Waals surface area (Å²) in [5.41, 5.74) is 0.0213. The summed E-state index contributed by atoms with van der Waals surface area (Å²) < 4.78 is 27.2. The van der Waals surface area contributed by atoms with E-state index < -0.39 is 136 Å².